The Kier molecular flexibility index (Phi) is 7.85. The molecule has 0 saturated carbocycles. The van der Waals surface area contributed by atoms with Crippen molar-refractivity contribution < 1.29 is 14.6 Å². The van der Waals surface area contributed by atoms with Gasteiger partial charge in [-0.15, -0.1) is 0 Å². The quantitative estimate of drug-likeness (QED) is 0.307. The lowest BCUT2D eigenvalue weighted by Gasteiger charge is -2.37. The monoisotopic (exact) mass is 544 g/mol. The lowest BCUT2D eigenvalue weighted by molar-refractivity contribution is -0.128. The molecule has 3 heterocycles. The molecule has 11 nitrogen and oxygen atoms in total. The summed E-state index contributed by atoms with van der Waals surface area (Å²) in [4.78, 5) is 29.9. The number of rotatable bonds is 9. The number of hydrogen-bond acceptors (Lipinski definition) is 9. The van der Waals surface area contributed by atoms with Crippen molar-refractivity contribution in [3.05, 3.63) is 54.7 Å². The number of nitrogens with one attached hydrogen (secondary N) is 1. The lowest BCUT2D eigenvalue weighted by atomic mass is 10.1. The molecule has 1 atom stereocenters. The summed E-state index contributed by atoms with van der Waals surface area (Å²) in [5.41, 5.74) is 2.56. The molecule has 5 rings (SSSR count). The van der Waals surface area contributed by atoms with Gasteiger partial charge in [0.1, 0.15) is 23.3 Å². The Hall–Kier alpha value is -4.22. The van der Waals surface area contributed by atoms with E-state index in [1.807, 2.05) is 54.1 Å². The molecule has 0 spiro atoms. The van der Waals surface area contributed by atoms with Crippen molar-refractivity contribution in [3.8, 4) is 11.5 Å². The standard InChI is InChI=1S/C29H36N8O3/c1-6-24(38)36-14-16-37(17-15-36)28-20-8-7-9-23(40-27-19(2)10-11-22-21(27)18-30-33-22)26(20)31-29(32-28)35(5)13-12-25(39)34(3)4/h6-11,18,24,38H,1,12-17H2,2-5H3,(H,30,33). The fourth-order valence-corrected chi connectivity index (χ4v) is 4.87. The summed E-state index contributed by atoms with van der Waals surface area (Å²) in [6, 6.07) is 9.85. The highest BCUT2D eigenvalue weighted by atomic mass is 16.5. The number of H-pyrrole nitrogens is 1. The molecule has 1 unspecified atom stereocenters. The number of aromatic amines is 1. The van der Waals surface area contributed by atoms with Gasteiger partial charge in [0.05, 0.1) is 17.1 Å². The normalized spacial score (nSPS) is 14.9. The van der Waals surface area contributed by atoms with E-state index < -0.39 is 6.23 Å². The van der Waals surface area contributed by atoms with Crippen LogP contribution >= 0.6 is 0 Å². The first-order chi connectivity index (χ1) is 19.3. The number of aryl methyl sites for hydroxylation is 1. The zero-order valence-corrected chi connectivity index (χ0v) is 23.5. The topological polar surface area (TPSA) is 114 Å². The predicted octanol–water partition coefficient (Wildman–Crippen LogP) is 3.15. The van der Waals surface area contributed by atoms with Crippen LogP contribution in [0.15, 0.2) is 49.2 Å². The number of ether oxygens (including phenoxy) is 1. The Balaban J connectivity index is 1.56. The van der Waals surface area contributed by atoms with Gasteiger partial charge in [-0.1, -0.05) is 18.7 Å². The highest BCUT2D eigenvalue weighted by Gasteiger charge is 2.25. The molecule has 11 heteroatoms. The third kappa shape index (κ3) is 5.43. The summed E-state index contributed by atoms with van der Waals surface area (Å²) in [5, 5.41) is 19.2. The van der Waals surface area contributed by atoms with Gasteiger partial charge in [0, 0.05) is 65.7 Å². The number of aliphatic hydroxyl groups is 1. The van der Waals surface area contributed by atoms with Crippen LogP contribution in [-0.4, -0.2) is 101 Å². The number of amides is 1. The molecule has 0 bridgehead atoms. The largest absolute Gasteiger partial charge is 0.454 e. The van der Waals surface area contributed by atoms with Gasteiger partial charge < -0.3 is 24.5 Å². The number of nitrogens with zero attached hydrogens (tertiary/aromatic N) is 7. The molecule has 0 aliphatic carbocycles. The molecule has 1 aliphatic rings. The first-order valence-corrected chi connectivity index (χ1v) is 13.4. The number of fused-ring (bicyclic) bond motifs is 2. The summed E-state index contributed by atoms with van der Waals surface area (Å²) in [5.74, 6) is 2.67. The van der Waals surface area contributed by atoms with Gasteiger partial charge in [0.2, 0.25) is 11.9 Å². The van der Waals surface area contributed by atoms with Gasteiger partial charge in [0.25, 0.3) is 0 Å². The van der Waals surface area contributed by atoms with Crippen LogP contribution in [0.2, 0.25) is 0 Å². The molecule has 4 aromatic rings. The summed E-state index contributed by atoms with van der Waals surface area (Å²) >= 11 is 0. The zero-order valence-electron chi connectivity index (χ0n) is 23.5. The van der Waals surface area contributed by atoms with Gasteiger partial charge in [0.15, 0.2) is 5.75 Å². The lowest BCUT2D eigenvalue weighted by Crippen LogP contribution is -2.50. The van der Waals surface area contributed by atoms with Gasteiger partial charge in [-0.3, -0.25) is 14.8 Å². The van der Waals surface area contributed by atoms with Crippen LogP contribution < -0.4 is 14.5 Å². The minimum absolute atomic E-state index is 0.0393. The maximum atomic E-state index is 12.3. The van der Waals surface area contributed by atoms with Gasteiger partial charge in [-0.25, -0.2) is 4.98 Å². The summed E-state index contributed by atoms with van der Waals surface area (Å²) in [6.45, 7) is 8.88. The van der Waals surface area contributed by atoms with Crippen molar-refractivity contribution in [2.24, 2.45) is 0 Å². The summed E-state index contributed by atoms with van der Waals surface area (Å²) in [6.07, 6.45) is 2.98. The van der Waals surface area contributed by atoms with Crippen LogP contribution in [0.25, 0.3) is 21.8 Å². The van der Waals surface area contributed by atoms with Gasteiger partial charge in [-0.05, 0) is 36.8 Å². The maximum absolute atomic E-state index is 12.3. The number of anilines is 2. The molecule has 1 fully saturated rings. The zero-order chi connectivity index (χ0) is 28.4. The van der Waals surface area contributed by atoms with Crippen molar-refractivity contribution in [1.82, 2.24) is 30.0 Å². The molecule has 210 valence electrons. The van der Waals surface area contributed by atoms with Gasteiger partial charge in [-0.2, -0.15) is 10.1 Å². The summed E-state index contributed by atoms with van der Waals surface area (Å²) in [7, 11) is 5.40. The molecule has 1 amide bonds. The molecular formula is C29H36N8O3. The van der Waals surface area contributed by atoms with Crippen molar-refractivity contribution in [2.75, 3.05) is 63.7 Å². The highest BCUT2D eigenvalue weighted by Crippen LogP contribution is 2.38. The van der Waals surface area contributed by atoms with Crippen molar-refractivity contribution in [2.45, 2.75) is 19.6 Å². The third-order valence-electron chi connectivity index (χ3n) is 7.34. The highest BCUT2D eigenvalue weighted by molar-refractivity contribution is 5.95. The number of aliphatic hydroxyl groups excluding tert-OH is 1. The SMILES string of the molecule is C=CC(O)N1CCN(c2nc(N(C)CCC(=O)N(C)C)nc3c(Oc4c(C)ccc5[nH]ncc45)cccc23)CC1. The average molecular weight is 545 g/mol. The number of carbonyl (C=O) groups excluding carboxylic acids is 1. The Morgan fingerprint density at radius 3 is 2.65 bits per heavy atom. The number of aromatic nitrogens is 4. The molecule has 1 aliphatic heterocycles. The van der Waals surface area contributed by atoms with E-state index in [1.165, 1.54) is 0 Å². The van der Waals surface area contributed by atoms with E-state index in [1.54, 1.807) is 31.3 Å². The Morgan fingerprint density at radius 1 is 1.15 bits per heavy atom. The maximum Gasteiger partial charge on any atom is 0.227 e. The number of hydrogen-bond donors (Lipinski definition) is 2. The van der Waals surface area contributed by atoms with Crippen molar-refractivity contribution in [3.63, 3.8) is 0 Å². The van der Waals surface area contributed by atoms with E-state index in [9.17, 15) is 9.90 Å². The fraction of sp³-hybridized carbons (Fsp3) is 0.379. The molecule has 2 N–H and O–H groups in total. The molecule has 0 radical (unpaired) electrons. The van der Waals surface area contributed by atoms with E-state index >= 15 is 0 Å². The van der Waals surface area contributed by atoms with E-state index in [-0.39, 0.29) is 5.91 Å². The molecule has 40 heavy (non-hydrogen) atoms. The smallest absolute Gasteiger partial charge is 0.227 e. The molecular weight excluding hydrogens is 508 g/mol. The average Bonchev–Trinajstić information content (AvgIpc) is 3.45. The number of benzene rings is 2. The van der Waals surface area contributed by atoms with E-state index in [0.29, 0.717) is 56.4 Å². The van der Waals surface area contributed by atoms with Crippen LogP contribution in [0.4, 0.5) is 11.8 Å². The number of piperazine rings is 1. The van der Waals surface area contributed by atoms with E-state index in [0.717, 1.165) is 33.4 Å². The Labute approximate surface area is 233 Å². The number of para-hydroxylation sites is 1. The minimum Gasteiger partial charge on any atom is -0.454 e. The second kappa shape index (κ2) is 11.5. The molecule has 2 aromatic carbocycles. The molecule has 2 aromatic heterocycles. The van der Waals surface area contributed by atoms with Gasteiger partial charge >= 0.3 is 0 Å². The fourth-order valence-electron chi connectivity index (χ4n) is 4.87. The van der Waals surface area contributed by atoms with Crippen LogP contribution in [0.5, 0.6) is 11.5 Å². The first-order valence-electron chi connectivity index (χ1n) is 13.4. The third-order valence-corrected chi connectivity index (χ3v) is 7.34. The number of carbonyl (C=O) groups is 1. The first kappa shape index (κ1) is 27.4. The second-order valence-electron chi connectivity index (χ2n) is 10.3. The Bertz CT molecular complexity index is 1530. The van der Waals surface area contributed by atoms with E-state index in [2.05, 4.69) is 21.7 Å². The van der Waals surface area contributed by atoms with Crippen LogP contribution in [0.1, 0.15) is 12.0 Å². The van der Waals surface area contributed by atoms with Crippen LogP contribution in [0.3, 0.4) is 0 Å². The molecule has 1 saturated heterocycles. The predicted molar refractivity (Wildman–Crippen MR) is 157 cm³/mol. The van der Waals surface area contributed by atoms with Crippen molar-refractivity contribution >= 4 is 39.5 Å². The van der Waals surface area contributed by atoms with Crippen molar-refractivity contribution in [1.29, 1.82) is 0 Å². The van der Waals surface area contributed by atoms with E-state index in [4.69, 9.17) is 14.7 Å². The van der Waals surface area contributed by atoms with Crippen LogP contribution in [-0.2, 0) is 4.79 Å². The second-order valence-corrected chi connectivity index (χ2v) is 10.3. The minimum atomic E-state index is -0.672. The summed E-state index contributed by atoms with van der Waals surface area (Å²) < 4.78 is 6.56. The van der Waals surface area contributed by atoms with Crippen LogP contribution in [0, 0.1) is 6.92 Å². The Morgan fingerprint density at radius 2 is 1.93 bits per heavy atom.